The highest BCUT2D eigenvalue weighted by Crippen LogP contribution is 2.24. The van der Waals surface area contributed by atoms with E-state index in [1.165, 1.54) is 7.11 Å². The van der Waals surface area contributed by atoms with E-state index in [4.69, 9.17) is 9.47 Å². The fourth-order valence-corrected chi connectivity index (χ4v) is 2.94. The molecule has 0 aromatic heterocycles. The van der Waals surface area contributed by atoms with Gasteiger partial charge in [0.15, 0.2) is 0 Å². The van der Waals surface area contributed by atoms with Crippen LogP contribution in [0.4, 0.5) is 9.18 Å². The molecule has 0 atom stereocenters. The van der Waals surface area contributed by atoms with Gasteiger partial charge < -0.3 is 24.4 Å². The normalized spacial score (nSPS) is 14.0. The summed E-state index contributed by atoms with van der Waals surface area (Å²) in [5.41, 5.74) is 0.967. The van der Waals surface area contributed by atoms with Crippen LogP contribution in [0.1, 0.15) is 43.1 Å². The van der Waals surface area contributed by atoms with Crippen molar-refractivity contribution in [3.8, 4) is 5.75 Å². The minimum absolute atomic E-state index is 0.0516. The Labute approximate surface area is 181 Å². The van der Waals surface area contributed by atoms with Crippen molar-refractivity contribution < 1.29 is 33.0 Å². The smallest absolute Gasteiger partial charge is 0.407 e. The summed E-state index contributed by atoms with van der Waals surface area (Å²) in [6.45, 7) is 5.89. The number of rotatable bonds is 8. The van der Waals surface area contributed by atoms with E-state index in [1.54, 1.807) is 43.9 Å². The van der Waals surface area contributed by atoms with Crippen LogP contribution < -0.4 is 10.1 Å². The predicted molar refractivity (Wildman–Crippen MR) is 112 cm³/mol. The van der Waals surface area contributed by atoms with E-state index in [1.807, 2.05) is 0 Å². The lowest BCUT2D eigenvalue weighted by Gasteiger charge is -2.28. The second-order valence-electron chi connectivity index (χ2n) is 8.10. The minimum Gasteiger partial charge on any atom is -0.489 e. The molecule has 1 aromatic carbocycles. The summed E-state index contributed by atoms with van der Waals surface area (Å²) in [6.07, 6.45) is 0.508. The summed E-state index contributed by atoms with van der Waals surface area (Å²) in [5.74, 6) is -0.0194. The molecule has 2 amide bonds. The van der Waals surface area contributed by atoms with Crippen molar-refractivity contribution in [3.05, 3.63) is 41.2 Å². The molecular weight excluding hydrogens is 407 g/mol. The van der Waals surface area contributed by atoms with Crippen LogP contribution in [0.2, 0.25) is 0 Å². The molecule has 1 aliphatic heterocycles. The lowest BCUT2D eigenvalue weighted by atomic mass is 9.98. The van der Waals surface area contributed by atoms with E-state index in [-0.39, 0.29) is 37.0 Å². The van der Waals surface area contributed by atoms with E-state index >= 15 is 0 Å². The molecule has 8 nitrogen and oxygen atoms in total. The van der Waals surface area contributed by atoms with Crippen LogP contribution in [-0.2, 0) is 20.7 Å². The highest BCUT2D eigenvalue weighted by molar-refractivity contribution is 5.97. The van der Waals surface area contributed by atoms with E-state index in [0.717, 1.165) is 5.56 Å². The van der Waals surface area contributed by atoms with E-state index in [0.29, 0.717) is 37.2 Å². The second kappa shape index (κ2) is 10.8. The molecule has 1 aromatic rings. The molecule has 1 heterocycles. The Balaban J connectivity index is 1.90. The van der Waals surface area contributed by atoms with Gasteiger partial charge in [-0.05, 0) is 51.0 Å². The zero-order chi connectivity index (χ0) is 23.0. The van der Waals surface area contributed by atoms with Crippen LogP contribution in [0.25, 0.3) is 0 Å². The van der Waals surface area contributed by atoms with Gasteiger partial charge >= 0.3 is 12.1 Å². The first-order valence-electron chi connectivity index (χ1n) is 9.99. The number of ether oxygens (including phenoxy) is 3. The molecule has 0 spiro atoms. The number of esters is 1. The quantitative estimate of drug-likeness (QED) is 0.630. The monoisotopic (exact) mass is 436 g/mol. The van der Waals surface area contributed by atoms with Gasteiger partial charge in [0.2, 0.25) is 0 Å². The van der Waals surface area contributed by atoms with Crippen molar-refractivity contribution in [1.82, 2.24) is 10.2 Å². The van der Waals surface area contributed by atoms with Gasteiger partial charge in [0.05, 0.1) is 19.9 Å². The summed E-state index contributed by atoms with van der Waals surface area (Å²) in [6, 6.07) is 5.05. The third-order valence-electron chi connectivity index (χ3n) is 4.50. The summed E-state index contributed by atoms with van der Waals surface area (Å²) in [4.78, 5) is 37.2. The maximum Gasteiger partial charge on any atom is 0.407 e. The molecule has 0 unspecified atom stereocenters. The van der Waals surface area contributed by atoms with E-state index < -0.39 is 11.7 Å². The molecule has 0 aliphatic carbocycles. The molecule has 0 saturated carbocycles. The number of carbonyl (C=O) groups excluding carboxylic acids is 3. The molecule has 1 N–H and O–H groups in total. The third-order valence-corrected chi connectivity index (χ3v) is 4.50. The Hall–Kier alpha value is -3.10. The van der Waals surface area contributed by atoms with Crippen LogP contribution >= 0.6 is 0 Å². The number of alkyl carbamates (subject to hydrolysis) is 1. The summed E-state index contributed by atoms with van der Waals surface area (Å²) < 4.78 is 28.5. The van der Waals surface area contributed by atoms with Crippen LogP contribution in [0.15, 0.2) is 30.1 Å². The highest BCUT2D eigenvalue weighted by Gasteiger charge is 2.25. The number of hydrogen-bond acceptors (Lipinski definition) is 6. The van der Waals surface area contributed by atoms with E-state index in [2.05, 4.69) is 10.1 Å². The van der Waals surface area contributed by atoms with Crippen molar-refractivity contribution >= 4 is 18.0 Å². The van der Waals surface area contributed by atoms with Crippen LogP contribution in [0.3, 0.4) is 0 Å². The summed E-state index contributed by atoms with van der Waals surface area (Å²) in [7, 11) is 1.31. The molecule has 0 saturated heterocycles. The van der Waals surface area contributed by atoms with Gasteiger partial charge in [0, 0.05) is 30.8 Å². The van der Waals surface area contributed by atoms with Gasteiger partial charge in [-0.3, -0.25) is 9.59 Å². The molecule has 0 fully saturated rings. The molecule has 1 aliphatic rings. The molecule has 170 valence electrons. The van der Waals surface area contributed by atoms with Gasteiger partial charge in [-0.15, -0.1) is 0 Å². The maximum absolute atomic E-state index is 13.2. The average Bonchev–Trinajstić information content (AvgIpc) is 2.71. The topological polar surface area (TPSA) is 94.2 Å². The number of hydrogen-bond donors (Lipinski definition) is 1. The van der Waals surface area contributed by atoms with Crippen molar-refractivity contribution in [2.24, 2.45) is 0 Å². The van der Waals surface area contributed by atoms with Crippen molar-refractivity contribution in [1.29, 1.82) is 0 Å². The van der Waals surface area contributed by atoms with Crippen molar-refractivity contribution in [3.63, 3.8) is 0 Å². The summed E-state index contributed by atoms with van der Waals surface area (Å²) >= 11 is 0. The lowest BCUT2D eigenvalue weighted by Crippen LogP contribution is -2.39. The van der Waals surface area contributed by atoms with Crippen LogP contribution in [0.5, 0.6) is 5.75 Å². The molecule has 9 heteroatoms. The largest absolute Gasteiger partial charge is 0.489 e. The average molecular weight is 436 g/mol. The fraction of sp³-hybridized carbons (Fsp3) is 0.500. The summed E-state index contributed by atoms with van der Waals surface area (Å²) in [5, 5.41) is 2.48. The molecule has 0 bridgehead atoms. The lowest BCUT2D eigenvalue weighted by molar-refractivity contribution is -0.140. The number of nitrogens with zero attached hydrogens (tertiary/aromatic N) is 1. The van der Waals surface area contributed by atoms with Crippen molar-refractivity contribution in [2.75, 3.05) is 33.4 Å². The van der Waals surface area contributed by atoms with Gasteiger partial charge in [0.25, 0.3) is 5.91 Å². The molecule has 2 rings (SSSR count). The van der Waals surface area contributed by atoms with Crippen LogP contribution in [0, 0.1) is 0 Å². The number of amides is 2. The van der Waals surface area contributed by atoms with Gasteiger partial charge in [-0.1, -0.05) is 0 Å². The maximum atomic E-state index is 13.2. The standard InChI is InChI=1S/C22H29FN2O6/c1-22(2,3)31-21(28)24-13-15(12-23)14-30-17-5-6-18-16(11-17)7-9-25(20(18)27)10-8-19(26)29-4/h5-6,11-12H,7-10,13-14H2,1-4H3,(H,24,28)/b15-12-. The van der Waals surface area contributed by atoms with Gasteiger partial charge in [-0.2, -0.15) is 0 Å². The van der Waals surface area contributed by atoms with E-state index in [9.17, 15) is 18.8 Å². The first kappa shape index (κ1) is 24.2. The Morgan fingerprint density at radius 3 is 2.68 bits per heavy atom. The van der Waals surface area contributed by atoms with Gasteiger partial charge in [0.1, 0.15) is 18.0 Å². The minimum atomic E-state index is -0.643. The number of methoxy groups -OCH3 is 1. The first-order chi connectivity index (χ1) is 14.6. The number of benzene rings is 1. The SMILES string of the molecule is COC(=O)CCN1CCc2cc(OC/C(=C\F)CNC(=O)OC(C)(C)C)ccc2C1=O. The van der Waals surface area contributed by atoms with Crippen LogP contribution in [-0.4, -0.2) is 61.8 Å². The highest BCUT2D eigenvalue weighted by atomic mass is 19.1. The van der Waals surface area contributed by atoms with Gasteiger partial charge in [-0.25, -0.2) is 9.18 Å². The fourth-order valence-electron chi connectivity index (χ4n) is 2.94. The molecular formula is C22H29FN2O6. The molecule has 0 radical (unpaired) electrons. The number of fused-ring (bicyclic) bond motifs is 1. The second-order valence-corrected chi connectivity index (χ2v) is 8.10. The first-order valence-corrected chi connectivity index (χ1v) is 9.99. The Kier molecular flexibility index (Phi) is 8.41. The number of halogens is 1. The Bertz CT molecular complexity index is 847. The zero-order valence-electron chi connectivity index (χ0n) is 18.3. The zero-order valence-corrected chi connectivity index (χ0v) is 18.3. The molecule has 31 heavy (non-hydrogen) atoms. The Morgan fingerprint density at radius 1 is 1.29 bits per heavy atom. The Morgan fingerprint density at radius 2 is 2.03 bits per heavy atom. The predicted octanol–water partition coefficient (Wildman–Crippen LogP) is 3.00. The number of carbonyl (C=O) groups is 3. The third kappa shape index (κ3) is 7.58. The van der Waals surface area contributed by atoms with Crippen molar-refractivity contribution in [2.45, 2.75) is 39.2 Å². The number of nitrogens with one attached hydrogen (secondary N) is 1.